The number of ether oxygens (including phenoxy) is 1. The molecule has 5 N–H and O–H groups in total. The third-order valence-corrected chi connectivity index (χ3v) is 5.99. The van der Waals surface area contributed by atoms with Crippen molar-refractivity contribution in [1.29, 1.82) is 5.26 Å². The molecule has 39 heavy (non-hydrogen) atoms. The maximum Gasteiger partial charge on any atom is 0.255 e. The fourth-order valence-electron chi connectivity index (χ4n) is 3.79. The predicted molar refractivity (Wildman–Crippen MR) is 141 cm³/mol. The monoisotopic (exact) mass is 531 g/mol. The number of carbonyl (C=O) groups is 2. The van der Waals surface area contributed by atoms with E-state index in [0.717, 1.165) is 0 Å². The van der Waals surface area contributed by atoms with Gasteiger partial charge in [-0.1, -0.05) is 0 Å². The second-order valence-corrected chi connectivity index (χ2v) is 9.26. The molecule has 0 radical (unpaired) electrons. The number of aliphatic hydroxyl groups is 1. The molecular formula is C27H26FN7O4. The molecular weight excluding hydrogens is 505 g/mol. The van der Waals surface area contributed by atoms with E-state index in [4.69, 9.17) is 15.7 Å². The molecule has 1 aromatic carbocycles. The Morgan fingerprint density at radius 1 is 1.21 bits per heavy atom. The van der Waals surface area contributed by atoms with Gasteiger partial charge >= 0.3 is 0 Å². The van der Waals surface area contributed by atoms with Gasteiger partial charge in [-0.15, -0.1) is 0 Å². The van der Waals surface area contributed by atoms with Crippen LogP contribution in [0.4, 0.5) is 15.8 Å². The molecule has 0 saturated heterocycles. The van der Waals surface area contributed by atoms with E-state index in [1.807, 2.05) is 6.07 Å². The number of nitrogens with one attached hydrogen (secondary N) is 2. The zero-order chi connectivity index (χ0) is 28.3. The fraction of sp³-hybridized carbons (Fsp3) is 0.222. The average molecular weight is 532 g/mol. The van der Waals surface area contributed by atoms with E-state index >= 15 is 0 Å². The van der Waals surface area contributed by atoms with Crippen molar-refractivity contribution < 1.29 is 23.8 Å². The Balaban J connectivity index is 1.75. The third kappa shape index (κ3) is 5.78. The molecule has 3 heterocycles. The zero-order valence-corrected chi connectivity index (χ0v) is 21.4. The maximum atomic E-state index is 14.3. The predicted octanol–water partition coefficient (Wildman–Crippen LogP) is 2.96. The summed E-state index contributed by atoms with van der Waals surface area (Å²) in [4.78, 5) is 29.2. The van der Waals surface area contributed by atoms with Crippen LogP contribution < -0.4 is 21.1 Å². The Morgan fingerprint density at radius 2 is 1.97 bits per heavy atom. The first kappa shape index (κ1) is 27.0. The summed E-state index contributed by atoms with van der Waals surface area (Å²) in [5, 5.41) is 29.0. The minimum Gasteiger partial charge on any atom is -0.496 e. The number of halogens is 1. The number of fused-ring (bicyclic) bond motifs is 1. The number of primary amides is 1. The van der Waals surface area contributed by atoms with Crippen LogP contribution in [0.15, 0.2) is 54.9 Å². The van der Waals surface area contributed by atoms with Gasteiger partial charge in [0, 0.05) is 18.0 Å². The molecule has 0 spiro atoms. The van der Waals surface area contributed by atoms with E-state index in [1.165, 1.54) is 39.4 Å². The standard InChI is InChI=1S/C27H26FN7O4/c1-27(2,38)24(28)14-32-26(37)19-13-31-21(22-7-5-17-8-15(11-29)12-33-35(17)22)10-20(19)34-16-4-6-18(25(30)36)23(9-16)39-3/h4-10,12-13,24,38H,14H2,1-3H3,(H2,30,36)(H,31,34)(H,32,37). The number of nitriles is 1. The summed E-state index contributed by atoms with van der Waals surface area (Å²) < 4.78 is 21.2. The largest absolute Gasteiger partial charge is 0.496 e. The SMILES string of the molecule is COc1cc(Nc2cc(-c3ccc4cc(C#N)cnn34)ncc2C(=O)NCC(F)C(C)(C)O)ccc1C(N)=O. The number of anilines is 2. The molecule has 0 aliphatic rings. The molecule has 0 aliphatic carbocycles. The van der Waals surface area contributed by atoms with Gasteiger partial charge in [0.15, 0.2) is 0 Å². The van der Waals surface area contributed by atoms with Crippen LogP contribution in [0.5, 0.6) is 5.75 Å². The number of benzene rings is 1. The van der Waals surface area contributed by atoms with E-state index in [2.05, 4.69) is 20.7 Å². The van der Waals surface area contributed by atoms with Crippen LogP contribution in [0.25, 0.3) is 16.9 Å². The van der Waals surface area contributed by atoms with Gasteiger partial charge in [0.25, 0.3) is 11.8 Å². The number of alkyl halides is 1. The first-order chi connectivity index (χ1) is 18.5. The van der Waals surface area contributed by atoms with Gasteiger partial charge in [0.05, 0.1) is 64.7 Å². The van der Waals surface area contributed by atoms with Crippen molar-refractivity contribution in [2.75, 3.05) is 19.0 Å². The molecule has 11 nitrogen and oxygen atoms in total. The van der Waals surface area contributed by atoms with Gasteiger partial charge in [-0.2, -0.15) is 10.4 Å². The van der Waals surface area contributed by atoms with Crippen LogP contribution in [0, 0.1) is 11.3 Å². The molecule has 0 aliphatic heterocycles. The van der Waals surface area contributed by atoms with Crippen molar-refractivity contribution in [3.63, 3.8) is 0 Å². The van der Waals surface area contributed by atoms with E-state index < -0.39 is 30.1 Å². The Kier molecular flexibility index (Phi) is 7.46. The van der Waals surface area contributed by atoms with E-state index in [9.17, 15) is 19.1 Å². The Morgan fingerprint density at radius 3 is 2.64 bits per heavy atom. The summed E-state index contributed by atoms with van der Waals surface area (Å²) in [6.07, 6.45) is 1.06. The second-order valence-electron chi connectivity index (χ2n) is 9.26. The molecule has 1 atom stereocenters. The third-order valence-electron chi connectivity index (χ3n) is 5.99. The van der Waals surface area contributed by atoms with Gasteiger partial charge in [-0.25, -0.2) is 8.91 Å². The average Bonchev–Trinajstić information content (AvgIpc) is 3.33. The van der Waals surface area contributed by atoms with Crippen molar-refractivity contribution in [3.8, 4) is 23.2 Å². The zero-order valence-electron chi connectivity index (χ0n) is 21.4. The number of rotatable bonds is 9. The highest BCUT2D eigenvalue weighted by Gasteiger charge is 2.27. The van der Waals surface area contributed by atoms with Gasteiger partial charge in [-0.05, 0) is 50.2 Å². The number of amides is 2. The molecule has 200 valence electrons. The number of aromatic nitrogens is 3. The summed E-state index contributed by atoms with van der Waals surface area (Å²) in [5.74, 6) is -1.06. The molecule has 4 aromatic rings. The summed E-state index contributed by atoms with van der Waals surface area (Å²) in [6.45, 7) is 2.20. The molecule has 0 saturated carbocycles. The summed E-state index contributed by atoms with van der Waals surface area (Å²) in [7, 11) is 1.40. The normalized spacial score (nSPS) is 12.0. The molecule has 0 bridgehead atoms. The van der Waals surface area contributed by atoms with E-state index in [0.29, 0.717) is 33.8 Å². The fourth-order valence-corrected chi connectivity index (χ4v) is 3.79. The Labute approximate surface area is 223 Å². The van der Waals surface area contributed by atoms with Crippen LogP contribution in [0.1, 0.15) is 40.1 Å². The summed E-state index contributed by atoms with van der Waals surface area (Å²) in [6, 6.07) is 13.5. The van der Waals surface area contributed by atoms with Gasteiger partial charge < -0.3 is 26.2 Å². The number of nitrogens with zero attached hydrogens (tertiary/aromatic N) is 4. The number of nitrogens with two attached hydrogens (primary N) is 1. The maximum absolute atomic E-state index is 14.3. The minimum absolute atomic E-state index is 0.0974. The lowest BCUT2D eigenvalue weighted by Gasteiger charge is -2.22. The van der Waals surface area contributed by atoms with Crippen LogP contribution in [-0.2, 0) is 0 Å². The first-order valence-electron chi connectivity index (χ1n) is 11.8. The lowest BCUT2D eigenvalue weighted by molar-refractivity contribution is -0.00177. The van der Waals surface area contributed by atoms with Crippen LogP contribution in [0.2, 0.25) is 0 Å². The molecule has 0 fully saturated rings. The van der Waals surface area contributed by atoms with Gasteiger partial charge in [0.2, 0.25) is 0 Å². The number of methoxy groups -OCH3 is 1. The first-order valence-corrected chi connectivity index (χ1v) is 11.8. The minimum atomic E-state index is -1.70. The molecule has 12 heteroatoms. The molecule has 3 aromatic heterocycles. The second kappa shape index (κ2) is 10.8. The highest BCUT2D eigenvalue weighted by Crippen LogP contribution is 2.30. The van der Waals surface area contributed by atoms with Crippen LogP contribution in [-0.4, -0.2) is 56.9 Å². The number of carbonyl (C=O) groups excluding carboxylic acids is 2. The van der Waals surface area contributed by atoms with Crippen molar-refractivity contribution >= 4 is 28.7 Å². The van der Waals surface area contributed by atoms with Crippen molar-refractivity contribution in [2.24, 2.45) is 5.73 Å². The van der Waals surface area contributed by atoms with Gasteiger partial charge in [0.1, 0.15) is 18.0 Å². The Bertz CT molecular complexity index is 1600. The van der Waals surface area contributed by atoms with Crippen molar-refractivity contribution in [1.82, 2.24) is 19.9 Å². The van der Waals surface area contributed by atoms with E-state index in [1.54, 1.807) is 40.9 Å². The quantitative estimate of drug-likeness (QED) is 0.256. The van der Waals surface area contributed by atoms with Crippen molar-refractivity contribution in [3.05, 3.63) is 71.5 Å². The summed E-state index contributed by atoms with van der Waals surface area (Å²) in [5.41, 5.74) is 6.96. The van der Waals surface area contributed by atoms with Crippen molar-refractivity contribution in [2.45, 2.75) is 25.6 Å². The highest BCUT2D eigenvalue weighted by molar-refractivity contribution is 6.01. The van der Waals surface area contributed by atoms with E-state index in [-0.39, 0.29) is 16.9 Å². The Hall–Kier alpha value is -5.02. The topological polar surface area (TPSA) is 168 Å². The number of hydrogen-bond donors (Lipinski definition) is 4. The molecule has 2 amide bonds. The summed E-state index contributed by atoms with van der Waals surface area (Å²) >= 11 is 0. The molecule has 4 rings (SSSR count). The number of pyridine rings is 1. The highest BCUT2D eigenvalue weighted by atomic mass is 19.1. The van der Waals surface area contributed by atoms with Crippen LogP contribution >= 0.6 is 0 Å². The lowest BCUT2D eigenvalue weighted by atomic mass is 10.0. The number of hydrogen-bond acceptors (Lipinski definition) is 8. The lowest BCUT2D eigenvalue weighted by Crippen LogP contribution is -2.42. The van der Waals surface area contributed by atoms with Gasteiger partial charge in [-0.3, -0.25) is 14.6 Å². The molecule has 1 unspecified atom stereocenters. The van der Waals surface area contributed by atoms with Crippen LogP contribution in [0.3, 0.4) is 0 Å². The smallest absolute Gasteiger partial charge is 0.255 e.